The van der Waals surface area contributed by atoms with Gasteiger partial charge in [0.2, 0.25) is 5.91 Å². The maximum Gasteiger partial charge on any atom is 0.262 e. The largest absolute Gasteiger partial charge is 0.384 e. The van der Waals surface area contributed by atoms with E-state index in [1.54, 1.807) is 23.1 Å². The van der Waals surface area contributed by atoms with Gasteiger partial charge < -0.3 is 15.5 Å². The summed E-state index contributed by atoms with van der Waals surface area (Å²) in [5.41, 5.74) is 6.55. The van der Waals surface area contributed by atoms with Gasteiger partial charge in [-0.25, -0.2) is 0 Å². The van der Waals surface area contributed by atoms with Crippen molar-refractivity contribution >= 4 is 40.8 Å². The van der Waals surface area contributed by atoms with E-state index in [0.717, 1.165) is 6.07 Å². The number of hydrogen-bond donors (Lipinski definition) is 2. The maximum absolute atomic E-state index is 12.8. The summed E-state index contributed by atoms with van der Waals surface area (Å²) in [5, 5.41) is 2.56. The lowest BCUT2D eigenvalue weighted by atomic mass is 10.1. The molecule has 0 bridgehead atoms. The summed E-state index contributed by atoms with van der Waals surface area (Å²) in [6.07, 6.45) is 0. The van der Waals surface area contributed by atoms with E-state index in [4.69, 9.17) is 17.3 Å². The number of para-hydroxylation sites is 1. The van der Waals surface area contributed by atoms with Crippen molar-refractivity contribution in [2.24, 2.45) is 0 Å². The second kappa shape index (κ2) is 6.93. The topological polar surface area (TPSA) is 118 Å². The number of imide groups is 1. The molecule has 3 N–H and O–H groups in total. The first kappa shape index (κ1) is 19.0. The summed E-state index contributed by atoms with van der Waals surface area (Å²) in [4.78, 5) is 52.2. The predicted molar refractivity (Wildman–Crippen MR) is 108 cm³/mol. The van der Waals surface area contributed by atoms with Crippen LogP contribution in [0.3, 0.4) is 0 Å². The number of nitrogens with zero attached hydrogens (tertiary/aromatic N) is 3. The van der Waals surface area contributed by atoms with Crippen molar-refractivity contribution in [3.05, 3.63) is 50.8 Å². The average Bonchev–Trinajstić information content (AvgIpc) is 2.95. The van der Waals surface area contributed by atoms with E-state index in [0.29, 0.717) is 42.6 Å². The summed E-state index contributed by atoms with van der Waals surface area (Å²) >= 11 is 6.47. The molecule has 2 aliphatic heterocycles. The molecule has 1 aromatic carbocycles. The smallest absolute Gasteiger partial charge is 0.262 e. The van der Waals surface area contributed by atoms with Gasteiger partial charge in [-0.15, -0.1) is 0 Å². The first-order valence-corrected chi connectivity index (χ1v) is 9.38. The number of nitrogens with one attached hydrogen (secondary N) is 1. The number of halogens is 1. The van der Waals surface area contributed by atoms with E-state index in [9.17, 15) is 19.2 Å². The normalized spacial score (nSPS) is 16.1. The van der Waals surface area contributed by atoms with Crippen LogP contribution in [0.5, 0.6) is 0 Å². The van der Waals surface area contributed by atoms with Crippen LogP contribution in [0.2, 0.25) is 5.02 Å². The highest BCUT2D eigenvalue weighted by atomic mass is 35.5. The number of amides is 3. The average molecular weight is 416 g/mol. The molecule has 2 aromatic rings. The minimum Gasteiger partial charge on any atom is -0.384 e. The second-order valence-corrected chi connectivity index (χ2v) is 7.28. The summed E-state index contributed by atoms with van der Waals surface area (Å²) in [6, 6.07) is 6.15. The number of carbonyl (C=O) groups excluding carboxylic acids is 3. The number of fused-ring (bicyclic) bond motifs is 1. The summed E-state index contributed by atoms with van der Waals surface area (Å²) in [5.74, 6) is -1.41. The fourth-order valence-electron chi connectivity index (χ4n) is 3.77. The molecule has 1 aromatic heterocycles. The van der Waals surface area contributed by atoms with Gasteiger partial charge in [0.1, 0.15) is 5.82 Å². The Labute approximate surface area is 170 Å². The van der Waals surface area contributed by atoms with E-state index in [1.165, 1.54) is 11.5 Å². The fourth-order valence-corrected chi connectivity index (χ4v) is 4.06. The van der Waals surface area contributed by atoms with Crippen LogP contribution in [0.1, 0.15) is 27.6 Å². The molecule has 0 saturated carbocycles. The number of nitrogen functional groups attached to an aromatic ring is 1. The molecular formula is C19H18ClN5O4. The fraction of sp³-hybridized carbons (Fsp3) is 0.263. The van der Waals surface area contributed by atoms with Crippen LogP contribution < -0.4 is 21.5 Å². The number of nitrogens with two attached hydrogens (primary N) is 1. The number of carbonyl (C=O) groups is 3. The molecule has 3 amide bonds. The third-order valence-electron chi connectivity index (χ3n) is 5.20. The van der Waals surface area contributed by atoms with Crippen molar-refractivity contribution in [3.8, 4) is 5.69 Å². The monoisotopic (exact) mass is 415 g/mol. The second-order valence-electron chi connectivity index (χ2n) is 6.88. The van der Waals surface area contributed by atoms with Crippen LogP contribution in [-0.2, 0) is 4.79 Å². The van der Waals surface area contributed by atoms with Crippen LogP contribution in [0.4, 0.5) is 11.5 Å². The van der Waals surface area contributed by atoms with E-state index < -0.39 is 17.4 Å². The first-order chi connectivity index (χ1) is 13.8. The van der Waals surface area contributed by atoms with Crippen LogP contribution in [0.25, 0.3) is 5.69 Å². The Balaban J connectivity index is 1.85. The van der Waals surface area contributed by atoms with E-state index in [1.807, 2.05) is 4.90 Å². The highest BCUT2D eigenvalue weighted by molar-refractivity contribution is 6.33. The standard InChI is InChI=1S/C19H18ClN5O4/c1-10(26)23-5-7-24(8-6-23)16-12(20)3-2-4-13(16)25-14(27)9-11-15(17(25)21)19(29)22-18(11)28/h2-4,9H,5-8,21H2,1H3,(H,22,28,29). The van der Waals surface area contributed by atoms with Gasteiger partial charge in [0.25, 0.3) is 17.4 Å². The molecule has 2 aliphatic rings. The third kappa shape index (κ3) is 3.03. The SMILES string of the molecule is CC(=O)N1CCN(c2c(Cl)cccc2-n2c(N)c3c(cc2=O)C(=O)NC3=O)CC1. The molecule has 150 valence electrons. The molecule has 9 nitrogen and oxygen atoms in total. The van der Waals surface area contributed by atoms with Crippen LogP contribution in [-0.4, -0.2) is 53.4 Å². The van der Waals surface area contributed by atoms with Crippen molar-refractivity contribution in [1.82, 2.24) is 14.8 Å². The molecule has 0 unspecified atom stereocenters. The molecule has 29 heavy (non-hydrogen) atoms. The molecule has 1 saturated heterocycles. The van der Waals surface area contributed by atoms with E-state index in [-0.39, 0.29) is 22.9 Å². The van der Waals surface area contributed by atoms with Crippen molar-refractivity contribution in [2.75, 3.05) is 36.8 Å². The van der Waals surface area contributed by atoms with Gasteiger partial charge in [0.05, 0.1) is 27.5 Å². The Kier molecular flexibility index (Phi) is 4.54. The zero-order valence-electron chi connectivity index (χ0n) is 15.6. The van der Waals surface area contributed by atoms with Crippen molar-refractivity contribution in [1.29, 1.82) is 0 Å². The Bertz CT molecular complexity index is 1120. The maximum atomic E-state index is 12.8. The van der Waals surface area contributed by atoms with Crippen molar-refractivity contribution in [3.63, 3.8) is 0 Å². The molecule has 10 heteroatoms. The molecule has 0 spiro atoms. The number of benzene rings is 1. The van der Waals surface area contributed by atoms with Crippen molar-refractivity contribution < 1.29 is 14.4 Å². The summed E-state index contributed by atoms with van der Waals surface area (Å²) in [6.45, 7) is 3.61. The van der Waals surface area contributed by atoms with Crippen molar-refractivity contribution in [2.45, 2.75) is 6.92 Å². The zero-order chi connectivity index (χ0) is 20.9. The Morgan fingerprint density at radius 1 is 1.10 bits per heavy atom. The summed E-state index contributed by atoms with van der Waals surface area (Å²) in [7, 11) is 0. The Morgan fingerprint density at radius 2 is 1.79 bits per heavy atom. The molecule has 1 fully saturated rings. The zero-order valence-corrected chi connectivity index (χ0v) is 16.3. The van der Waals surface area contributed by atoms with Crippen LogP contribution >= 0.6 is 11.6 Å². The quantitative estimate of drug-likeness (QED) is 0.694. The first-order valence-electron chi connectivity index (χ1n) is 9.00. The number of pyridine rings is 1. The van der Waals surface area contributed by atoms with E-state index >= 15 is 0 Å². The van der Waals surface area contributed by atoms with Crippen LogP contribution in [0.15, 0.2) is 29.1 Å². The number of anilines is 2. The number of piperazine rings is 1. The third-order valence-corrected chi connectivity index (χ3v) is 5.51. The van der Waals surface area contributed by atoms with Gasteiger partial charge in [-0.05, 0) is 12.1 Å². The van der Waals surface area contributed by atoms with Gasteiger partial charge in [-0.2, -0.15) is 0 Å². The van der Waals surface area contributed by atoms with Gasteiger partial charge in [0.15, 0.2) is 0 Å². The highest BCUT2D eigenvalue weighted by Crippen LogP contribution is 2.35. The van der Waals surface area contributed by atoms with Gasteiger partial charge in [-0.3, -0.25) is 29.1 Å². The lowest BCUT2D eigenvalue weighted by Gasteiger charge is -2.37. The van der Waals surface area contributed by atoms with Gasteiger partial charge >= 0.3 is 0 Å². The lowest BCUT2D eigenvalue weighted by molar-refractivity contribution is -0.129. The predicted octanol–water partition coefficient (Wildman–Crippen LogP) is 0.625. The number of rotatable bonds is 2. The van der Waals surface area contributed by atoms with Gasteiger partial charge in [-0.1, -0.05) is 17.7 Å². The molecule has 0 radical (unpaired) electrons. The number of aromatic nitrogens is 1. The van der Waals surface area contributed by atoms with Crippen LogP contribution in [0, 0.1) is 0 Å². The molecule has 0 atom stereocenters. The minimum atomic E-state index is -0.646. The highest BCUT2D eigenvalue weighted by Gasteiger charge is 2.33. The molecule has 4 rings (SSSR count). The number of hydrogen-bond acceptors (Lipinski definition) is 6. The van der Waals surface area contributed by atoms with Gasteiger partial charge in [0, 0.05) is 39.2 Å². The lowest BCUT2D eigenvalue weighted by Crippen LogP contribution is -2.48. The Morgan fingerprint density at radius 3 is 2.45 bits per heavy atom. The Hall–Kier alpha value is -3.33. The summed E-state index contributed by atoms with van der Waals surface area (Å²) < 4.78 is 1.19. The molecule has 0 aliphatic carbocycles. The molecular weight excluding hydrogens is 398 g/mol. The molecule has 3 heterocycles. The van der Waals surface area contributed by atoms with E-state index in [2.05, 4.69) is 5.32 Å². The minimum absolute atomic E-state index is 0.00111.